The average Bonchev–Trinajstić information content (AvgIpc) is 2.71. The molecule has 27 heavy (non-hydrogen) atoms. The number of ether oxygens (including phenoxy) is 3. The van der Waals surface area contributed by atoms with Crippen molar-refractivity contribution in [1.29, 1.82) is 0 Å². The molecule has 2 heterocycles. The third-order valence-corrected chi connectivity index (χ3v) is 5.42. The number of thioether (sulfide) groups is 1. The lowest BCUT2D eigenvalue weighted by atomic mass is 10.1. The lowest BCUT2D eigenvalue weighted by Gasteiger charge is -2.18. The number of Topliss-reactive ketones (excluding diaryl/α,β-unsaturated/α-hetero) is 1. The molecule has 0 amide bonds. The van der Waals surface area contributed by atoms with Crippen molar-refractivity contribution in [3.05, 3.63) is 53.6 Å². The van der Waals surface area contributed by atoms with Gasteiger partial charge in [0.05, 0.1) is 18.9 Å². The predicted molar refractivity (Wildman–Crippen MR) is 104 cm³/mol. The Labute approximate surface area is 161 Å². The summed E-state index contributed by atoms with van der Waals surface area (Å²) in [5.74, 6) is 2.52. The Kier molecular flexibility index (Phi) is 4.90. The number of hydrogen-bond acceptors (Lipinski definition) is 5. The molecule has 3 aromatic rings. The van der Waals surface area contributed by atoms with E-state index < -0.39 is 0 Å². The molecule has 0 unspecified atom stereocenters. The Hall–Kier alpha value is -2.73. The molecule has 1 aliphatic heterocycles. The van der Waals surface area contributed by atoms with E-state index in [4.69, 9.17) is 14.2 Å². The first-order chi connectivity index (χ1) is 13.1. The summed E-state index contributed by atoms with van der Waals surface area (Å²) in [4.78, 5) is 16.0. The van der Waals surface area contributed by atoms with Gasteiger partial charge >= 0.3 is 0 Å². The molecule has 0 saturated carbocycles. The number of pyridine rings is 1. The molecule has 1 aliphatic rings. The fourth-order valence-corrected chi connectivity index (χ4v) is 3.96. The second kappa shape index (κ2) is 7.48. The molecule has 0 aliphatic carbocycles. The molecule has 6 heteroatoms. The Morgan fingerprint density at radius 3 is 2.74 bits per heavy atom. The minimum absolute atomic E-state index is 0.0498. The van der Waals surface area contributed by atoms with Crippen molar-refractivity contribution in [2.75, 3.05) is 26.1 Å². The fourth-order valence-electron chi connectivity index (χ4n) is 3.06. The highest BCUT2D eigenvalue weighted by atomic mass is 32.2. The molecule has 0 fully saturated rings. The summed E-state index contributed by atoms with van der Waals surface area (Å²) in [6, 6.07) is 13.4. The molecule has 4 rings (SSSR count). The molecule has 138 valence electrons. The number of carbonyl (C=O) groups is 1. The summed E-state index contributed by atoms with van der Waals surface area (Å²) in [7, 11) is 1.65. The molecular formula is C21H20NO4S+. The van der Waals surface area contributed by atoms with Crippen molar-refractivity contribution >= 4 is 28.4 Å². The minimum Gasteiger partial charge on any atom is -0.497 e. The standard InChI is InChI=1S/C21H19NO4S/c1-13-9-21(22-17-11-15(24-2)4-5-16(13)17)27-12-18(23)14-3-6-19-20(10-14)26-8-7-25-19/h3-6,9-11H,7-8,12H2,1-2H3/p+1. The van der Waals surface area contributed by atoms with Crippen LogP contribution in [0.25, 0.3) is 10.9 Å². The number of ketones is 1. The van der Waals surface area contributed by atoms with Crippen LogP contribution in [0, 0.1) is 6.92 Å². The number of nitrogens with one attached hydrogen (secondary N) is 1. The lowest BCUT2D eigenvalue weighted by molar-refractivity contribution is -0.395. The summed E-state index contributed by atoms with van der Waals surface area (Å²) < 4.78 is 16.4. The van der Waals surface area contributed by atoms with Crippen molar-refractivity contribution < 1.29 is 24.0 Å². The summed E-state index contributed by atoms with van der Waals surface area (Å²) in [5.41, 5.74) is 2.77. The first-order valence-electron chi connectivity index (χ1n) is 8.70. The van der Waals surface area contributed by atoms with Crippen molar-refractivity contribution in [3.8, 4) is 17.2 Å². The van der Waals surface area contributed by atoms with Gasteiger partial charge < -0.3 is 14.2 Å². The van der Waals surface area contributed by atoms with E-state index in [9.17, 15) is 4.79 Å². The number of aromatic nitrogens is 1. The number of fused-ring (bicyclic) bond motifs is 2. The molecule has 0 bridgehead atoms. The summed E-state index contributed by atoms with van der Waals surface area (Å²) >= 11 is 1.49. The van der Waals surface area contributed by atoms with E-state index in [1.54, 1.807) is 25.3 Å². The number of rotatable bonds is 5. The third-order valence-electron chi connectivity index (χ3n) is 4.48. The summed E-state index contributed by atoms with van der Waals surface area (Å²) in [5, 5.41) is 2.08. The number of carbonyl (C=O) groups excluding carboxylic acids is 1. The highest BCUT2D eigenvalue weighted by molar-refractivity contribution is 7.99. The second-order valence-electron chi connectivity index (χ2n) is 6.30. The largest absolute Gasteiger partial charge is 0.497 e. The smallest absolute Gasteiger partial charge is 0.239 e. The van der Waals surface area contributed by atoms with Crippen LogP contribution in [-0.2, 0) is 0 Å². The Bertz CT molecular complexity index is 1020. The van der Waals surface area contributed by atoms with Gasteiger partial charge in [-0.2, -0.15) is 4.98 Å². The van der Waals surface area contributed by atoms with Crippen LogP contribution in [0.4, 0.5) is 0 Å². The van der Waals surface area contributed by atoms with E-state index in [0.717, 1.165) is 27.2 Å². The van der Waals surface area contributed by atoms with Gasteiger partial charge in [-0.1, -0.05) is 0 Å². The Balaban J connectivity index is 1.51. The number of benzene rings is 2. The van der Waals surface area contributed by atoms with Gasteiger partial charge in [-0.25, -0.2) is 0 Å². The van der Waals surface area contributed by atoms with Crippen LogP contribution in [0.5, 0.6) is 17.2 Å². The monoisotopic (exact) mass is 382 g/mol. The topological polar surface area (TPSA) is 58.9 Å². The number of aryl methyl sites for hydroxylation is 1. The van der Waals surface area contributed by atoms with E-state index in [1.165, 1.54) is 11.8 Å². The van der Waals surface area contributed by atoms with E-state index in [1.807, 2.05) is 18.2 Å². The number of aromatic amines is 1. The van der Waals surface area contributed by atoms with Gasteiger partial charge in [0.2, 0.25) is 10.5 Å². The lowest BCUT2D eigenvalue weighted by Crippen LogP contribution is -2.16. The maximum atomic E-state index is 12.6. The zero-order valence-corrected chi connectivity index (χ0v) is 16.0. The molecule has 1 aromatic heterocycles. The maximum absolute atomic E-state index is 12.6. The normalized spacial score (nSPS) is 12.8. The van der Waals surface area contributed by atoms with Gasteiger partial charge in [0.15, 0.2) is 17.3 Å². The number of H-pyrrole nitrogens is 1. The van der Waals surface area contributed by atoms with Crippen LogP contribution in [0.1, 0.15) is 15.9 Å². The van der Waals surface area contributed by atoms with Crippen molar-refractivity contribution in [1.82, 2.24) is 0 Å². The van der Waals surface area contributed by atoms with Gasteiger partial charge in [-0.05, 0) is 54.6 Å². The molecular weight excluding hydrogens is 362 g/mol. The predicted octanol–water partition coefficient (Wildman–Crippen LogP) is 3.72. The van der Waals surface area contributed by atoms with Crippen LogP contribution >= 0.6 is 11.8 Å². The maximum Gasteiger partial charge on any atom is 0.239 e. The van der Waals surface area contributed by atoms with Crippen LogP contribution in [0.2, 0.25) is 0 Å². The molecule has 0 radical (unpaired) electrons. The zero-order valence-electron chi connectivity index (χ0n) is 15.2. The fraction of sp³-hybridized carbons (Fsp3) is 0.238. The average molecular weight is 382 g/mol. The van der Waals surface area contributed by atoms with Crippen LogP contribution in [0.3, 0.4) is 0 Å². The summed E-state index contributed by atoms with van der Waals surface area (Å²) in [6.45, 7) is 3.11. The number of methoxy groups -OCH3 is 1. The van der Waals surface area contributed by atoms with Gasteiger partial charge in [0.1, 0.15) is 19.0 Å². The first-order valence-corrected chi connectivity index (χ1v) is 9.69. The first kappa shape index (κ1) is 17.7. The highest BCUT2D eigenvalue weighted by Crippen LogP contribution is 2.31. The molecule has 5 nitrogen and oxygen atoms in total. The van der Waals surface area contributed by atoms with E-state index in [-0.39, 0.29) is 5.78 Å². The zero-order chi connectivity index (χ0) is 18.8. The van der Waals surface area contributed by atoms with Crippen LogP contribution in [-0.4, -0.2) is 31.9 Å². The molecule has 0 atom stereocenters. The minimum atomic E-state index is 0.0498. The third kappa shape index (κ3) is 3.71. The SMILES string of the molecule is COc1ccc2c(C)cc(SCC(=O)c3ccc4c(c3)OCCO4)[nH+]c2c1. The van der Waals surface area contributed by atoms with Crippen molar-refractivity contribution in [2.45, 2.75) is 11.9 Å². The van der Waals surface area contributed by atoms with E-state index in [0.29, 0.717) is 36.0 Å². The van der Waals surface area contributed by atoms with Gasteiger partial charge in [-0.15, -0.1) is 0 Å². The van der Waals surface area contributed by atoms with Gasteiger partial charge in [-0.3, -0.25) is 4.79 Å². The second-order valence-corrected chi connectivity index (χ2v) is 7.32. The Morgan fingerprint density at radius 1 is 1.11 bits per heavy atom. The molecule has 0 spiro atoms. The highest BCUT2D eigenvalue weighted by Gasteiger charge is 2.17. The van der Waals surface area contributed by atoms with Crippen LogP contribution in [0.15, 0.2) is 47.5 Å². The van der Waals surface area contributed by atoms with Crippen molar-refractivity contribution in [2.24, 2.45) is 0 Å². The summed E-state index contributed by atoms with van der Waals surface area (Å²) in [6.07, 6.45) is 0. The van der Waals surface area contributed by atoms with Gasteiger partial charge in [0.25, 0.3) is 0 Å². The number of hydrogen-bond donors (Lipinski definition) is 0. The van der Waals surface area contributed by atoms with Gasteiger partial charge in [0, 0.05) is 17.0 Å². The van der Waals surface area contributed by atoms with Crippen molar-refractivity contribution in [3.63, 3.8) is 0 Å². The van der Waals surface area contributed by atoms with E-state index in [2.05, 4.69) is 18.0 Å². The van der Waals surface area contributed by atoms with Crippen LogP contribution < -0.4 is 19.2 Å². The molecule has 0 saturated heterocycles. The molecule has 2 aromatic carbocycles. The van der Waals surface area contributed by atoms with E-state index >= 15 is 0 Å². The molecule has 1 N–H and O–H groups in total. The quantitative estimate of drug-likeness (QED) is 0.497. The Morgan fingerprint density at radius 2 is 1.93 bits per heavy atom.